The summed E-state index contributed by atoms with van der Waals surface area (Å²) in [6.07, 6.45) is 3.84. The van der Waals surface area contributed by atoms with Gasteiger partial charge in [-0.2, -0.15) is 5.26 Å². The van der Waals surface area contributed by atoms with Gasteiger partial charge in [-0.3, -0.25) is 4.90 Å². The van der Waals surface area contributed by atoms with Crippen molar-refractivity contribution in [3.63, 3.8) is 0 Å². The second kappa shape index (κ2) is 9.14. The van der Waals surface area contributed by atoms with Crippen LogP contribution in [0.15, 0.2) is 30.3 Å². The molecule has 0 saturated carbocycles. The maximum Gasteiger partial charge on any atom is 0.157 e. The molecule has 0 radical (unpaired) electrons. The standard InChI is InChI=1S/C19H26N2O3/c20-10-9-17(14-24-19-8-4-5-11-22-19)21(13-18-15-23-18)12-16-6-2-1-3-7-16/h1-3,6-7,17-19H,4-5,8-9,11-15H2. The summed E-state index contributed by atoms with van der Waals surface area (Å²) >= 11 is 0. The van der Waals surface area contributed by atoms with Gasteiger partial charge in [0.1, 0.15) is 0 Å². The monoisotopic (exact) mass is 330 g/mol. The first kappa shape index (κ1) is 17.4. The van der Waals surface area contributed by atoms with Gasteiger partial charge in [-0.1, -0.05) is 30.3 Å². The summed E-state index contributed by atoms with van der Waals surface area (Å²) in [7, 11) is 0. The predicted molar refractivity (Wildman–Crippen MR) is 90.2 cm³/mol. The Bertz CT molecular complexity index is 521. The molecule has 3 atom stereocenters. The Morgan fingerprint density at radius 3 is 2.75 bits per heavy atom. The maximum atomic E-state index is 9.24. The van der Waals surface area contributed by atoms with Crippen molar-refractivity contribution in [3.8, 4) is 6.07 Å². The molecule has 0 amide bonds. The quantitative estimate of drug-likeness (QED) is 0.652. The van der Waals surface area contributed by atoms with Gasteiger partial charge in [-0.05, 0) is 24.8 Å². The number of epoxide rings is 1. The van der Waals surface area contributed by atoms with E-state index in [2.05, 4.69) is 23.1 Å². The molecule has 0 spiro atoms. The van der Waals surface area contributed by atoms with E-state index >= 15 is 0 Å². The SMILES string of the molecule is N#CCC(COC1CCCCO1)N(Cc1ccccc1)CC1CO1. The van der Waals surface area contributed by atoms with Crippen molar-refractivity contribution in [3.05, 3.63) is 35.9 Å². The average Bonchev–Trinajstić information content (AvgIpc) is 3.44. The van der Waals surface area contributed by atoms with Crippen molar-refractivity contribution in [2.75, 3.05) is 26.4 Å². The first-order chi connectivity index (χ1) is 11.8. The summed E-state index contributed by atoms with van der Waals surface area (Å²) in [5.41, 5.74) is 1.25. The number of benzene rings is 1. The maximum absolute atomic E-state index is 9.24. The fraction of sp³-hybridized carbons (Fsp3) is 0.632. The summed E-state index contributed by atoms with van der Waals surface area (Å²) in [6.45, 7) is 3.77. The molecule has 2 saturated heterocycles. The zero-order valence-corrected chi connectivity index (χ0v) is 14.1. The van der Waals surface area contributed by atoms with Crippen molar-refractivity contribution < 1.29 is 14.2 Å². The van der Waals surface area contributed by atoms with E-state index in [1.807, 2.05) is 18.2 Å². The predicted octanol–water partition coefficient (Wildman–Crippen LogP) is 2.71. The number of ether oxygens (including phenoxy) is 3. The molecule has 5 nitrogen and oxygen atoms in total. The van der Waals surface area contributed by atoms with Crippen LogP contribution in [0.3, 0.4) is 0 Å². The first-order valence-electron chi connectivity index (χ1n) is 8.85. The Morgan fingerprint density at radius 1 is 1.25 bits per heavy atom. The lowest BCUT2D eigenvalue weighted by atomic mass is 10.1. The number of hydrogen-bond donors (Lipinski definition) is 0. The number of hydrogen-bond acceptors (Lipinski definition) is 5. The van der Waals surface area contributed by atoms with Crippen LogP contribution < -0.4 is 0 Å². The minimum absolute atomic E-state index is 0.0601. The third-order valence-electron chi connectivity index (χ3n) is 4.52. The lowest BCUT2D eigenvalue weighted by molar-refractivity contribution is -0.171. The molecule has 1 aromatic carbocycles. The summed E-state index contributed by atoms with van der Waals surface area (Å²) in [5.74, 6) is 0. The molecule has 2 aliphatic heterocycles. The van der Waals surface area contributed by atoms with Crippen molar-refractivity contribution in [1.29, 1.82) is 5.26 Å². The molecule has 130 valence electrons. The minimum Gasteiger partial charge on any atom is -0.372 e. The number of nitrogens with zero attached hydrogens (tertiary/aromatic N) is 2. The lowest BCUT2D eigenvalue weighted by Gasteiger charge is -2.32. The molecule has 2 heterocycles. The highest BCUT2D eigenvalue weighted by Gasteiger charge is 2.30. The molecular formula is C19H26N2O3. The Hall–Kier alpha value is -1.45. The molecule has 5 heteroatoms. The summed E-state index contributed by atoms with van der Waals surface area (Å²) < 4.78 is 17.0. The van der Waals surface area contributed by atoms with E-state index in [4.69, 9.17) is 14.2 Å². The van der Waals surface area contributed by atoms with Gasteiger partial charge in [0, 0.05) is 25.7 Å². The Balaban J connectivity index is 1.60. The molecular weight excluding hydrogens is 304 g/mol. The smallest absolute Gasteiger partial charge is 0.157 e. The van der Waals surface area contributed by atoms with Crippen LogP contribution in [-0.2, 0) is 20.8 Å². The highest BCUT2D eigenvalue weighted by molar-refractivity contribution is 5.14. The molecule has 0 N–H and O–H groups in total. The molecule has 0 aromatic heterocycles. The van der Waals surface area contributed by atoms with Crippen molar-refractivity contribution in [2.45, 2.75) is 50.7 Å². The van der Waals surface area contributed by atoms with Crippen LogP contribution in [0.4, 0.5) is 0 Å². The summed E-state index contributed by atoms with van der Waals surface area (Å²) in [6, 6.07) is 12.7. The Labute approximate surface area is 144 Å². The lowest BCUT2D eigenvalue weighted by Crippen LogP contribution is -2.41. The van der Waals surface area contributed by atoms with E-state index in [1.165, 1.54) is 5.56 Å². The van der Waals surface area contributed by atoms with E-state index in [0.717, 1.165) is 45.6 Å². The summed E-state index contributed by atoms with van der Waals surface area (Å²) in [4.78, 5) is 2.32. The highest BCUT2D eigenvalue weighted by atomic mass is 16.7. The molecule has 1 aromatic rings. The van der Waals surface area contributed by atoms with Gasteiger partial charge < -0.3 is 14.2 Å². The Kier molecular flexibility index (Phi) is 6.62. The third-order valence-corrected chi connectivity index (χ3v) is 4.52. The van der Waals surface area contributed by atoms with Crippen LogP contribution in [0, 0.1) is 11.3 Å². The molecule has 3 rings (SSSR count). The van der Waals surface area contributed by atoms with Gasteiger partial charge >= 0.3 is 0 Å². The molecule has 0 bridgehead atoms. The fourth-order valence-corrected chi connectivity index (χ4v) is 3.06. The van der Waals surface area contributed by atoms with Gasteiger partial charge in [0.05, 0.1) is 31.8 Å². The molecule has 24 heavy (non-hydrogen) atoms. The largest absolute Gasteiger partial charge is 0.372 e. The van der Waals surface area contributed by atoms with E-state index < -0.39 is 0 Å². The Morgan fingerprint density at radius 2 is 2.08 bits per heavy atom. The average molecular weight is 330 g/mol. The second-order valence-electron chi connectivity index (χ2n) is 6.52. The van der Waals surface area contributed by atoms with E-state index in [0.29, 0.717) is 19.1 Å². The third kappa shape index (κ3) is 5.57. The van der Waals surface area contributed by atoms with Crippen LogP contribution >= 0.6 is 0 Å². The number of rotatable bonds is 9. The van der Waals surface area contributed by atoms with Gasteiger partial charge in [-0.25, -0.2) is 0 Å². The zero-order valence-electron chi connectivity index (χ0n) is 14.1. The van der Waals surface area contributed by atoms with E-state index in [9.17, 15) is 5.26 Å². The van der Waals surface area contributed by atoms with Crippen LogP contribution in [0.5, 0.6) is 0 Å². The van der Waals surface area contributed by atoms with Crippen molar-refractivity contribution >= 4 is 0 Å². The van der Waals surface area contributed by atoms with Gasteiger partial charge in [-0.15, -0.1) is 0 Å². The normalized spacial score (nSPS) is 24.5. The van der Waals surface area contributed by atoms with Gasteiger partial charge in [0.15, 0.2) is 6.29 Å². The first-order valence-corrected chi connectivity index (χ1v) is 8.85. The van der Waals surface area contributed by atoms with Crippen molar-refractivity contribution in [1.82, 2.24) is 4.90 Å². The van der Waals surface area contributed by atoms with Gasteiger partial charge in [0.2, 0.25) is 0 Å². The van der Waals surface area contributed by atoms with Crippen LogP contribution in [0.2, 0.25) is 0 Å². The zero-order chi connectivity index (χ0) is 16.6. The second-order valence-corrected chi connectivity index (χ2v) is 6.52. The minimum atomic E-state index is -0.115. The van der Waals surface area contributed by atoms with E-state index in [-0.39, 0.29) is 12.3 Å². The van der Waals surface area contributed by atoms with Crippen LogP contribution in [0.1, 0.15) is 31.2 Å². The molecule has 3 unspecified atom stereocenters. The van der Waals surface area contributed by atoms with Crippen molar-refractivity contribution in [2.24, 2.45) is 0 Å². The molecule has 0 aliphatic carbocycles. The fourth-order valence-electron chi connectivity index (χ4n) is 3.06. The summed E-state index contributed by atoms with van der Waals surface area (Å²) in [5, 5.41) is 9.24. The van der Waals surface area contributed by atoms with Gasteiger partial charge in [0.25, 0.3) is 0 Å². The van der Waals surface area contributed by atoms with E-state index in [1.54, 1.807) is 0 Å². The topological polar surface area (TPSA) is 58.0 Å². The van der Waals surface area contributed by atoms with Crippen LogP contribution in [0.25, 0.3) is 0 Å². The highest BCUT2D eigenvalue weighted by Crippen LogP contribution is 2.20. The molecule has 2 aliphatic rings. The number of nitriles is 1. The van der Waals surface area contributed by atoms with Crippen LogP contribution in [-0.4, -0.2) is 49.7 Å². The molecule has 2 fully saturated rings.